The van der Waals surface area contributed by atoms with E-state index in [1.54, 1.807) is 0 Å². The fourth-order valence-electron chi connectivity index (χ4n) is 3.51. The minimum atomic E-state index is 1.08. The maximum absolute atomic E-state index is 4.05. The highest BCUT2D eigenvalue weighted by Crippen LogP contribution is 2.36. The molecule has 0 aliphatic carbocycles. The van der Waals surface area contributed by atoms with Gasteiger partial charge in [-0.25, -0.2) is 0 Å². The summed E-state index contributed by atoms with van der Waals surface area (Å²) in [5.74, 6) is 0. The van der Waals surface area contributed by atoms with Crippen molar-refractivity contribution in [2.75, 3.05) is 0 Å². The Balaban J connectivity index is 2.41. The van der Waals surface area contributed by atoms with E-state index in [1.165, 1.54) is 33.0 Å². The van der Waals surface area contributed by atoms with Crippen LogP contribution in [0.1, 0.15) is 34.7 Å². The average molecular weight is 336 g/mol. The van der Waals surface area contributed by atoms with Crippen molar-refractivity contribution >= 4 is 35.1 Å². The van der Waals surface area contributed by atoms with E-state index in [-0.39, 0.29) is 0 Å². The standard InChI is InChI=1S/C26H24/c1-6-10-24-22(8-3)21(7-2)23(9-4)26-17-20(15-16-25(24)26)19-13-11-18(5)12-14-19/h6-17H,2-4H2,1,5H3/b10-6-. The molecule has 128 valence electrons. The van der Waals surface area contributed by atoms with Gasteiger partial charge in [-0.2, -0.15) is 0 Å². The number of aryl methyl sites for hydroxylation is 1. The molecule has 0 heterocycles. The van der Waals surface area contributed by atoms with Gasteiger partial charge in [0.2, 0.25) is 0 Å². The summed E-state index contributed by atoms with van der Waals surface area (Å²) in [5.41, 5.74) is 8.14. The zero-order chi connectivity index (χ0) is 18.7. The van der Waals surface area contributed by atoms with Gasteiger partial charge in [0.25, 0.3) is 0 Å². The smallest absolute Gasteiger partial charge is 0.00930 e. The lowest BCUT2D eigenvalue weighted by Crippen LogP contribution is -1.95. The topological polar surface area (TPSA) is 0 Å². The molecule has 0 aliphatic rings. The Morgan fingerprint density at radius 2 is 1.23 bits per heavy atom. The van der Waals surface area contributed by atoms with E-state index in [9.17, 15) is 0 Å². The van der Waals surface area contributed by atoms with Gasteiger partial charge in [0, 0.05) is 0 Å². The van der Waals surface area contributed by atoms with Crippen LogP contribution in [0.25, 0.3) is 46.2 Å². The van der Waals surface area contributed by atoms with Gasteiger partial charge in [0.05, 0.1) is 0 Å². The van der Waals surface area contributed by atoms with Crippen LogP contribution in [-0.4, -0.2) is 0 Å². The SMILES string of the molecule is C=Cc1c(C=C)c(/C=C\C)c2ccc(-c3ccc(C)cc3)cc2c1C=C. The molecular formula is C26H24. The van der Waals surface area contributed by atoms with Crippen LogP contribution in [0.5, 0.6) is 0 Å². The highest BCUT2D eigenvalue weighted by molar-refractivity contribution is 6.04. The molecule has 0 nitrogen and oxygen atoms in total. The summed E-state index contributed by atoms with van der Waals surface area (Å²) in [6.45, 7) is 16.2. The second-order valence-electron chi connectivity index (χ2n) is 6.39. The fraction of sp³-hybridized carbons (Fsp3) is 0.0769. The summed E-state index contributed by atoms with van der Waals surface area (Å²) in [6.07, 6.45) is 9.94. The molecule has 0 saturated heterocycles. The second-order valence-corrected chi connectivity index (χ2v) is 6.39. The summed E-state index contributed by atoms with van der Waals surface area (Å²) < 4.78 is 0. The van der Waals surface area contributed by atoms with Crippen LogP contribution < -0.4 is 0 Å². The number of hydrogen-bond donors (Lipinski definition) is 0. The molecule has 3 aromatic carbocycles. The Hall–Kier alpha value is -3.12. The van der Waals surface area contributed by atoms with Crippen molar-refractivity contribution in [3.8, 4) is 11.1 Å². The summed E-state index contributed by atoms with van der Waals surface area (Å²) in [4.78, 5) is 0. The third kappa shape index (κ3) is 2.95. The van der Waals surface area contributed by atoms with Gasteiger partial charge in [-0.1, -0.05) is 92.1 Å². The molecule has 0 unspecified atom stereocenters. The van der Waals surface area contributed by atoms with Gasteiger partial charge in [0.15, 0.2) is 0 Å². The first-order valence-corrected chi connectivity index (χ1v) is 8.85. The van der Waals surface area contributed by atoms with Crippen LogP contribution in [0.4, 0.5) is 0 Å². The lowest BCUT2D eigenvalue weighted by atomic mass is 9.87. The Morgan fingerprint density at radius 3 is 1.81 bits per heavy atom. The number of fused-ring (bicyclic) bond motifs is 1. The third-order valence-electron chi connectivity index (χ3n) is 4.80. The molecule has 0 aromatic heterocycles. The summed E-state index contributed by atoms with van der Waals surface area (Å²) in [5, 5.41) is 2.39. The summed E-state index contributed by atoms with van der Waals surface area (Å²) in [6, 6.07) is 15.3. The van der Waals surface area contributed by atoms with E-state index in [2.05, 4.69) is 81.3 Å². The first-order valence-electron chi connectivity index (χ1n) is 8.85. The number of hydrogen-bond acceptors (Lipinski definition) is 0. The number of allylic oxidation sites excluding steroid dienone is 1. The largest absolute Gasteiger partial charge is 0.0984 e. The Bertz CT molecular complexity index is 1030. The number of benzene rings is 3. The lowest BCUT2D eigenvalue weighted by Gasteiger charge is -2.17. The van der Waals surface area contributed by atoms with Gasteiger partial charge < -0.3 is 0 Å². The van der Waals surface area contributed by atoms with Gasteiger partial charge in [0.1, 0.15) is 0 Å². The molecule has 0 spiro atoms. The monoisotopic (exact) mass is 336 g/mol. The van der Waals surface area contributed by atoms with Crippen molar-refractivity contribution in [2.24, 2.45) is 0 Å². The maximum atomic E-state index is 4.05. The normalized spacial score (nSPS) is 11.0. The van der Waals surface area contributed by atoms with Crippen molar-refractivity contribution < 1.29 is 0 Å². The van der Waals surface area contributed by atoms with Crippen LogP contribution in [0, 0.1) is 6.92 Å². The molecule has 26 heavy (non-hydrogen) atoms. The molecule has 0 aliphatic heterocycles. The van der Waals surface area contributed by atoms with Gasteiger partial charge in [-0.15, -0.1) is 0 Å². The van der Waals surface area contributed by atoms with Gasteiger partial charge in [-0.3, -0.25) is 0 Å². The van der Waals surface area contributed by atoms with E-state index >= 15 is 0 Å². The van der Waals surface area contributed by atoms with Crippen molar-refractivity contribution in [3.05, 3.63) is 96.1 Å². The van der Waals surface area contributed by atoms with E-state index in [0.29, 0.717) is 0 Å². The Morgan fingerprint density at radius 1 is 0.654 bits per heavy atom. The molecular weight excluding hydrogens is 312 g/mol. The van der Waals surface area contributed by atoms with E-state index in [1.807, 2.05) is 25.2 Å². The van der Waals surface area contributed by atoms with Crippen molar-refractivity contribution in [3.63, 3.8) is 0 Å². The highest BCUT2D eigenvalue weighted by Gasteiger charge is 2.14. The summed E-state index contributed by atoms with van der Waals surface area (Å²) in [7, 11) is 0. The molecule has 0 radical (unpaired) electrons. The second kappa shape index (κ2) is 7.41. The molecule has 3 aromatic rings. The van der Waals surface area contributed by atoms with E-state index < -0.39 is 0 Å². The molecule has 0 saturated carbocycles. The Kier molecular flexibility index (Phi) is 5.04. The predicted molar refractivity (Wildman–Crippen MR) is 119 cm³/mol. The van der Waals surface area contributed by atoms with Crippen LogP contribution in [0.15, 0.2) is 68.3 Å². The molecule has 0 bridgehead atoms. The average Bonchev–Trinajstić information content (AvgIpc) is 2.67. The zero-order valence-electron chi connectivity index (χ0n) is 15.5. The lowest BCUT2D eigenvalue weighted by molar-refractivity contribution is 1.47. The zero-order valence-corrected chi connectivity index (χ0v) is 15.5. The van der Waals surface area contributed by atoms with Crippen molar-refractivity contribution in [1.29, 1.82) is 0 Å². The van der Waals surface area contributed by atoms with Crippen molar-refractivity contribution in [2.45, 2.75) is 13.8 Å². The summed E-state index contributed by atoms with van der Waals surface area (Å²) >= 11 is 0. The van der Waals surface area contributed by atoms with Gasteiger partial charge in [-0.05, 0) is 64.1 Å². The maximum Gasteiger partial charge on any atom is -0.00930 e. The molecule has 3 rings (SSSR count). The number of rotatable bonds is 5. The first-order chi connectivity index (χ1) is 12.6. The Labute approximate surface area is 156 Å². The molecule has 0 atom stereocenters. The molecule has 0 N–H and O–H groups in total. The highest BCUT2D eigenvalue weighted by atomic mass is 14.2. The minimum Gasteiger partial charge on any atom is -0.0984 e. The third-order valence-corrected chi connectivity index (χ3v) is 4.80. The van der Waals surface area contributed by atoms with Crippen molar-refractivity contribution in [1.82, 2.24) is 0 Å². The predicted octanol–water partition coefficient (Wildman–Crippen LogP) is 7.78. The first kappa shape index (κ1) is 17.7. The van der Waals surface area contributed by atoms with Crippen LogP contribution in [-0.2, 0) is 0 Å². The van der Waals surface area contributed by atoms with Crippen LogP contribution >= 0.6 is 0 Å². The van der Waals surface area contributed by atoms with Crippen LogP contribution in [0.2, 0.25) is 0 Å². The fourth-order valence-corrected chi connectivity index (χ4v) is 3.51. The quantitative estimate of drug-likeness (QED) is 0.446. The van der Waals surface area contributed by atoms with Crippen LogP contribution in [0.3, 0.4) is 0 Å². The molecule has 0 amide bonds. The molecule has 0 heteroatoms. The van der Waals surface area contributed by atoms with E-state index in [4.69, 9.17) is 0 Å². The minimum absolute atomic E-state index is 1.08. The van der Waals surface area contributed by atoms with Gasteiger partial charge >= 0.3 is 0 Å². The molecule has 0 fully saturated rings. The van der Waals surface area contributed by atoms with E-state index in [0.717, 1.165) is 16.7 Å².